The quantitative estimate of drug-likeness (QED) is 0.0508. The molecule has 0 aromatic heterocycles. The third-order valence-electron chi connectivity index (χ3n) is 8.09. The number of hydrogen-bond acceptors (Lipinski definition) is 8. The fourth-order valence-corrected chi connectivity index (χ4v) is 5.66. The molecule has 2 aliphatic rings. The lowest BCUT2D eigenvalue weighted by Gasteiger charge is -2.27. The van der Waals surface area contributed by atoms with Gasteiger partial charge in [0.1, 0.15) is 24.2 Å². The summed E-state index contributed by atoms with van der Waals surface area (Å²) < 4.78 is 17.2. The molecule has 2 heterocycles. The van der Waals surface area contributed by atoms with Crippen LogP contribution in [0.15, 0.2) is 127 Å². The van der Waals surface area contributed by atoms with Crippen molar-refractivity contribution in [2.24, 2.45) is 0 Å². The van der Waals surface area contributed by atoms with Crippen LogP contribution < -0.4 is 10.1 Å². The molecule has 0 bridgehead atoms. The van der Waals surface area contributed by atoms with Crippen LogP contribution in [0.4, 0.5) is 0 Å². The summed E-state index contributed by atoms with van der Waals surface area (Å²) in [5.74, 6) is -1.64. The number of benzene rings is 2. The molecule has 1 atom stereocenters. The van der Waals surface area contributed by atoms with Gasteiger partial charge in [0.05, 0.1) is 25.0 Å². The van der Waals surface area contributed by atoms with E-state index in [4.69, 9.17) is 14.2 Å². The summed E-state index contributed by atoms with van der Waals surface area (Å²) >= 11 is 0. The van der Waals surface area contributed by atoms with E-state index in [2.05, 4.69) is 44.1 Å². The van der Waals surface area contributed by atoms with Crippen LogP contribution in [0, 0.1) is 0 Å². The van der Waals surface area contributed by atoms with Crippen molar-refractivity contribution in [3.8, 4) is 5.75 Å². The lowest BCUT2D eigenvalue weighted by molar-refractivity contribution is -0.149. The SMILES string of the molecule is C=CC(=C\C=C\O)/C(=C(\CC)c1ccccc1)c1ccc(OCCOCCCOC(=C)/C=C2\C(=C)C(=O)N(C3CCC(=O)NC3=O)C2=O)cc1. The van der Waals surface area contributed by atoms with Crippen molar-refractivity contribution in [1.82, 2.24) is 10.2 Å². The first kappa shape index (κ1) is 37.1. The highest BCUT2D eigenvalue weighted by atomic mass is 16.5. The molecule has 0 saturated carbocycles. The lowest BCUT2D eigenvalue weighted by Crippen LogP contribution is -2.54. The molecule has 2 aliphatic heterocycles. The second-order valence-electron chi connectivity index (χ2n) is 11.4. The van der Waals surface area contributed by atoms with Crippen molar-refractivity contribution in [2.75, 3.05) is 26.4 Å². The van der Waals surface area contributed by atoms with Gasteiger partial charge in [-0.1, -0.05) is 81.3 Å². The molecular weight excluding hydrogens is 636 g/mol. The van der Waals surface area contributed by atoms with Gasteiger partial charge < -0.3 is 19.3 Å². The fraction of sp³-hybridized carbons (Fsp3) is 0.250. The summed E-state index contributed by atoms with van der Waals surface area (Å²) in [6.45, 7) is 15.0. The minimum atomic E-state index is -1.07. The van der Waals surface area contributed by atoms with Gasteiger partial charge in [-0.15, -0.1) is 0 Å². The first-order valence-electron chi connectivity index (χ1n) is 16.4. The van der Waals surface area contributed by atoms with Gasteiger partial charge in [-0.05, 0) is 65.0 Å². The van der Waals surface area contributed by atoms with Crippen molar-refractivity contribution in [3.63, 3.8) is 0 Å². The second-order valence-corrected chi connectivity index (χ2v) is 11.4. The first-order chi connectivity index (χ1) is 24.2. The third kappa shape index (κ3) is 9.24. The number of imide groups is 2. The van der Waals surface area contributed by atoms with Gasteiger partial charge in [0, 0.05) is 25.0 Å². The minimum absolute atomic E-state index is 0.00293. The van der Waals surface area contributed by atoms with E-state index in [9.17, 15) is 24.3 Å². The number of ether oxygens (including phenoxy) is 3. The van der Waals surface area contributed by atoms with Crippen LogP contribution in [0.2, 0.25) is 0 Å². The van der Waals surface area contributed by atoms with Gasteiger partial charge in [0.25, 0.3) is 11.8 Å². The zero-order valence-electron chi connectivity index (χ0n) is 28.2. The normalized spacial score (nSPS) is 18.1. The van der Waals surface area contributed by atoms with Gasteiger partial charge in [0.15, 0.2) is 0 Å². The summed E-state index contributed by atoms with van der Waals surface area (Å²) in [7, 11) is 0. The van der Waals surface area contributed by atoms with E-state index in [-0.39, 0.29) is 36.4 Å². The number of rotatable bonds is 17. The Balaban J connectivity index is 1.23. The van der Waals surface area contributed by atoms with Crippen LogP contribution in [-0.2, 0) is 28.7 Å². The van der Waals surface area contributed by atoms with Crippen LogP contribution in [-0.4, -0.2) is 66.1 Å². The molecule has 260 valence electrons. The average Bonchev–Trinajstić information content (AvgIpc) is 3.32. The molecule has 2 aromatic rings. The standard InChI is InChI=1S/C40H42N2O8/c1-5-29(14-10-21-43)37(33(6-2)30-12-8-7-9-13-30)31-15-17-32(18-16-31)50-25-24-48-22-11-23-49-27(3)26-34-28(4)39(46)42(40(34)47)35-19-20-36(44)41-38(35)45/h5,7-10,12-18,21,26,35,43H,1,3-4,6,11,19-20,22-25H2,2H3,(H,41,44,45)/b21-10+,29-14+,34-26+,37-33-. The Hall–Kier alpha value is -5.74. The Bertz CT molecular complexity index is 1750. The fourth-order valence-electron chi connectivity index (χ4n) is 5.66. The van der Waals surface area contributed by atoms with E-state index >= 15 is 0 Å². The zero-order valence-corrected chi connectivity index (χ0v) is 28.2. The largest absolute Gasteiger partial charge is 0.516 e. The smallest absolute Gasteiger partial charge is 0.262 e. The molecule has 2 N–H and O–H groups in total. The molecule has 10 nitrogen and oxygen atoms in total. The second kappa shape index (κ2) is 18.1. The van der Waals surface area contributed by atoms with Gasteiger partial charge in [-0.25, -0.2) is 0 Å². The van der Waals surface area contributed by atoms with Crippen LogP contribution >= 0.6 is 0 Å². The number of amides is 4. The summed E-state index contributed by atoms with van der Waals surface area (Å²) in [5, 5.41) is 11.4. The minimum Gasteiger partial charge on any atom is -0.516 e. The molecule has 50 heavy (non-hydrogen) atoms. The van der Waals surface area contributed by atoms with Crippen LogP contribution in [0.1, 0.15) is 43.7 Å². The number of carbonyl (C=O) groups excluding carboxylic acids is 4. The molecule has 2 fully saturated rings. The molecule has 1 unspecified atom stereocenters. The number of allylic oxidation sites excluding steroid dienone is 7. The summed E-state index contributed by atoms with van der Waals surface area (Å²) in [5.41, 5.74) is 5.08. The number of carbonyl (C=O) groups is 4. The van der Waals surface area contributed by atoms with Gasteiger partial charge >= 0.3 is 0 Å². The molecule has 10 heteroatoms. The highest BCUT2D eigenvalue weighted by Gasteiger charge is 2.45. The predicted octanol–water partition coefficient (Wildman–Crippen LogP) is 6.16. The zero-order chi connectivity index (χ0) is 36.0. The molecule has 4 rings (SSSR count). The number of aliphatic hydroxyl groups excluding tert-OH is 1. The number of likely N-dealkylation sites (tertiary alicyclic amines) is 1. The highest BCUT2D eigenvalue weighted by molar-refractivity contribution is 6.26. The Morgan fingerprint density at radius 1 is 0.980 bits per heavy atom. The molecule has 0 spiro atoms. The van der Waals surface area contributed by atoms with E-state index in [0.29, 0.717) is 32.0 Å². The van der Waals surface area contributed by atoms with Gasteiger partial charge in [-0.2, -0.15) is 0 Å². The Morgan fingerprint density at radius 2 is 1.72 bits per heavy atom. The highest BCUT2D eigenvalue weighted by Crippen LogP contribution is 2.36. The Kier molecular flexibility index (Phi) is 13.5. The summed E-state index contributed by atoms with van der Waals surface area (Å²) in [6.07, 6.45) is 8.94. The molecule has 0 radical (unpaired) electrons. The molecule has 2 aromatic carbocycles. The topological polar surface area (TPSA) is 131 Å². The summed E-state index contributed by atoms with van der Waals surface area (Å²) in [6, 6.07) is 16.9. The van der Waals surface area contributed by atoms with Crippen molar-refractivity contribution >= 4 is 34.8 Å². The summed E-state index contributed by atoms with van der Waals surface area (Å²) in [4.78, 5) is 50.2. The third-order valence-corrected chi connectivity index (χ3v) is 8.09. The number of aliphatic hydroxyl groups is 1. The molecule has 0 aliphatic carbocycles. The Morgan fingerprint density at radius 3 is 2.38 bits per heavy atom. The van der Waals surface area contributed by atoms with E-state index in [1.165, 1.54) is 6.08 Å². The van der Waals surface area contributed by atoms with Crippen LogP contribution in [0.25, 0.3) is 11.1 Å². The van der Waals surface area contributed by atoms with Crippen molar-refractivity contribution < 1.29 is 38.5 Å². The maximum atomic E-state index is 12.9. The van der Waals surface area contributed by atoms with Crippen molar-refractivity contribution in [1.29, 1.82) is 0 Å². The number of nitrogens with zero attached hydrogens (tertiary/aromatic N) is 1. The van der Waals surface area contributed by atoms with Crippen molar-refractivity contribution in [2.45, 2.75) is 38.6 Å². The first-order valence-corrected chi connectivity index (χ1v) is 16.4. The Labute approximate surface area is 292 Å². The van der Waals surface area contributed by atoms with Crippen molar-refractivity contribution in [3.05, 3.63) is 139 Å². The van der Waals surface area contributed by atoms with E-state index in [1.54, 1.807) is 12.2 Å². The number of hydrogen-bond donors (Lipinski definition) is 2. The average molecular weight is 679 g/mol. The van der Waals surface area contributed by atoms with E-state index in [1.807, 2.05) is 48.5 Å². The number of piperidine rings is 1. The maximum absolute atomic E-state index is 12.9. The predicted molar refractivity (Wildman–Crippen MR) is 191 cm³/mol. The lowest BCUT2D eigenvalue weighted by atomic mass is 9.87. The van der Waals surface area contributed by atoms with E-state index in [0.717, 1.165) is 45.4 Å². The maximum Gasteiger partial charge on any atom is 0.262 e. The van der Waals surface area contributed by atoms with Gasteiger partial charge in [-0.3, -0.25) is 29.4 Å². The monoisotopic (exact) mass is 678 g/mol. The van der Waals surface area contributed by atoms with Crippen LogP contribution in [0.3, 0.4) is 0 Å². The number of nitrogens with one attached hydrogen (secondary N) is 1. The van der Waals surface area contributed by atoms with E-state index < -0.39 is 29.7 Å². The molecule has 2 saturated heterocycles. The molecule has 4 amide bonds. The van der Waals surface area contributed by atoms with Crippen LogP contribution in [0.5, 0.6) is 5.75 Å². The molecular formula is C40H42N2O8. The van der Waals surface area contributed by atoms with Gasteiger partial charge in [0.2, 0.25) is 11.8 Å².